The Hall–Kier alpha value is -1.99. The fraction of sp³-hybridized carbons (Fsp3) is 0.562. The fourth-order valence-electron chi connectivity index (χ4n) is 3.14. The van der Waals surface area contributed by atoms with Gasteiger partial charge >= 0.3 is 0 Å². The minimum absolute atomic E-state index is 0.146. The van der Waals surface area contributed by atoms with E-state index in [0.29, 0.717) is 17.5 Å². The molecule has 2 aromatic rings. The van der Waals surface area contributed by atoms with Gasteiger partial charge in [-0.2, -0.15) is 0 Å². The summed E-state index contributed by atoms with van der Waals surface area (Å²) in [6.07, 6.45) is 3.70. The van der Waals surface area contributed by atoms with Gasteiger partial charge < -0.3 is 18.8 Å². The normalized spacial score (nSPS) is 25.0. The van der Waals surface area contributed by atoms with E-state index in [1.54, 1.807) is 6.20 Å². The summed E-state index contributed by atoms with van der Waals surface area (Å²) in [6.45, 7) is 4.45. The predicted octanol–water partition coefficient (Wildman–Crippen LogP) is 1.85. The van der Waals surface area contributed by atoms with Crippen LogP contribution in [0.1, 0.15) is 30.9 Å². The maximum Gasteiger partial charge on any atom is 0.266 e. The Labute approximate surface area is 134 Å². The molecule has 0 radical (unpaired) electrons. The lowest BCUT2D eigenvalue weighted by molar-refractivity contribution is -0.0821. The number of hydrogen-bond donors (Lipinski definition) is 0. The Kier molecular flexibility index (Phi) is 3.74. The maximum absolute atomic E-state index is 5.90. The molecule has 4 heterocycles. The van der Waals surface area contributed by atoms with Gasteiger partial charge in [-0.05, 0) is 38.4 Å². The third-order valence-corrected chi connectivity index (χ3v) is 4.17. The van der Waals surface area contributed by atoms with Crippen LogP contribution in [0.15, 0.2) is 16.7 Å². The van der Waals surface area contributed by atoms with Gasteiger partial charge in [0.15, 0.2) is 0 Å². The second kappa shape index (κ2) is 5.90. The first kappa shape index (κ1) is 14.6. The summed E-state index contributed by atoms with van der Waals surface area (Å²) in [6, 6.07) is 1.97. The monoisotopic (exact) mass is 316 g/mol. The van der Waals surface area contributed by atoms with Gasteiger partial charge in [0.1, 0.15) is 17.5 Å². The Balaban J connectivity index is 1.58. The molecule has 0 saturated carbocycles. The minimum Gasteiger partial charge on any atom is -0.492 e. The lowest BCUT2D eigenvalue weighted by Gasteiger charge is -2.32. The van der Waals surface area contributed by atoms with Crippen molar-refractivity contribution >= 4 is 0 Å². The molecule has 1 fully saturated rings. The highest BCUT2D eigenvalue weighted by atomic mass is 16.5. The highest BCUT2D eigenvalue weighted by Gasteiger charge is 2.29. The van der Waals surface area contributed by atoms with E-state index in [0.717, 1.165) is 43.9 Å². The summed E-state index contributed by atoms with van der Waals surface area (Å²) in [5, 5.41) is 8.30. The first-order chi connectivity index (χ1) is 11.2. The van der Waals surface area contributed by atoms with Crippen molar-refractivity contribution in [2.75, 3.05) is 26.7 Å². The number of aromatic nitrogens is 3. The number of hydrogen-bond acceptors (Lipinski definition) is 7. The number of fused-ring (bicyclic) bond motifs is 1. The van der Waals surface area contributed by atoms with Crippen LogP contribution in [-0.2, 0) is 11.2 Å². The van der Waals surface area contributed by atoms with Crippen LogP contribution in [0.3, 0.4) is 0 Å². The van der Waals surface area contributed by atoms with Crippen molar-refractivity contribution in [3.05, 3.63) is 23.7 Å². The van der Waals surface area contributed by atoms with Crippen molar-refractivity contribution in [1.29, 1.82) is 0 Å². The highest BCUT2D eigenvalue weighted by molar-refractivity contribution is 5.51. The molecule has 7 heteroatoms. The molecule has 2 aliphatic rings. The molecule has 0 bridgehead atoms. The topological polar surface area (TPSA) is 73.5 Å². The van der Waals surface area contributed by atoms with Crippen molar-refractivity contribution in [3.8, 4) is 17.3 Å². The molecule has 2 aliphatic heterocycles. The van der Waals surface area contributed by atoms with Crippen LogP contribution >= 0.6 is 0 Å². The quantitative estimate of drug-likeness (QED) is 0.837. The van der Waals surface area contributed by atoms with Gasteiger partial charge in [-0.3, -0.25) is 0 Å². The average Bonchev–Trinajstić information content (AvgIpc) is 3.03. The van der Waals surface area contributed by atoms with Crippen molar-refractivity contribution in [2.24, 2.45) is 0 Å². The van der Waals surface area contributed by atoms with E-state index in [-0.39, 0.29) is 12.2 Å². The number of morpholine rings is 1. The molecule has 0 N–H and O–H groups in total. The smallest absolute Gasteiger partial charge is 0.266 e. The molecule has 23 heavy (non-hydrogen) atoms. The van der Waals surface area contributed by atoms with E-state index < -0.39 is 0 Å². The average molecular weight is 316 g/mol. The molecule has 0 aliphatic carbocycles. The number of ether oxygens (including phenoxy) is 2. The van der Waals surface area contributed by atoms with Gasteiger partial charge in [-0.25, -0.2) is 4.98 Å². The molecule has 2 aromatic heterocycles. The summed E-state index contributed by atoms with van der Waals surface area (Å²) < 4.78 is 17.3. The number of aryl methyl sites for hydroxylation is 1. The summed E-state index contributed by atoms with van der Waals surface area (Å²) in [4.78, 5) is 6.58. The third kappa shape index (κ3) is 2.94. The first-order valence-electron chi connectivity index (χ1n) is 7.98. The molecule has 122 valence electrons. The van der Waals surface area contributed by atoms with Crippen molar-refractivity contribution in [3.63, 3.8) is 0 Å². The predicted molar refractivity (Wildman–Crippen MR) is 82.1 cm³/mol. The molecule has 0 aromatic carbocycles. The number of nitrogens with zero attached hydrogens (tertiary/aromatic N) is 4. The maximum atomic E-state index is 5.90. The fourth-order valence-corrected chi connectivity index (χ4v) is 3.14. The second-order valence-electron chi connectivity index (χ2n) is 6.23. The summed E-state index contributed by atoms with van der Waals surface area (Å²) in [7, 11) is 2.06. The molecule has 7 nitrogen and oxygen atoms in total. The van der Waals surface area contributed by atoms with Gasteiger partial charge in [0, 0.05) is 13.1 Å². The lowest BCUT2D eigenvalue weighted by Crippen LogP contribution is -2.40. The SMILES string of the molecule is C[C@@H]1CN(C)C[C@H](c2nnc(-c3cc4c(cn3)OCCC4)o2)O1. The van der Waals surface area contributed by atoms with Crippen LogP contribution in [0, 0.1) is 0 Å². The molecule has 0 unspecified atom stereocenters. The van der Waals surface area contributed by atoms with E-state index >= 15 is 0 Å². The zero-order valence-electron chi connectivity index (χ0n) is 13.4. The summed E-state index contributed by atoms with van der Waals surface area (Å²) in [5.74, 6) is 1.79. The molecular formula is C16H20N4O3. The van der Waals surface area contributed by atoms with Gasteiger partial charge in [0.2, 0.25) is 5.89 Å². The molecular weight excluding hydrogens is 296 g/mol. The zero-order valence-corrected chi connectivity index (χ0v) is 13.4. The molecule has 4 rings (SSSR count). The van der Waals surface area contributed by atoms with Gasteiger partial charge in [-0.15, -0.1) is 10.2 Å². The molecule has 2 atom stereocenters. The number of rotatable bonds is 2. The van der Waals surface area contributed by atoms with Crippen LogP contribution in [0.4, 0.5) is 0 Å². The van der Waals surface area contributed by atoms with E-state index in [1.807, 2.05) is 13.0 Å². The van der Waals surface area contributed by atoms with Gasteiger partial charge in [0.25, 0.3) is 5.89 Å². The molecule has 0 amide bonds. The third-order valence-electron chi connectivity index (χ3n) is 4.17. The van der Waals surface area contributed by atoms with Gasteiger partial charge in [0.05, 0.1) is 18.9 Å². The van der Waals surface area contributed by atoms with Crippen LogP contribution in [-0.4, -0.2) is 52.9 Å². The Morgan fingerprint density at radius 3 is 3.04 bits per heavy atom. The van der Waals surface area contributed by atoms with Crippen molar-refractivity contribution in [2.45, 2.75) is 32.0 Å². The van der Waals surface area contributed by atoms with Crippen molar-refractivity contribution < 1.29 is 13.9 Å². The van der Waals surface area contributed by atoms with Crippen LogP contribution < -0.4 is 4.74 Å². The van der Waals surface area contributed by atoms with E-state index in [2.05, 4.69) is 27.1 Å². The molecule has 0 spiro atoms. The largest absolute Gasteiger partial charge is 0.492 e. The van der Waals surface area contributed by atoms with E-state index in [4.69, 9.17) is 13.9 Å². The Morgan fingerprint density at radius 1 is 1.26 bits per heavy atom. The molecule has 1 saturated heterocycles. The summed E-state index contributed by atoms with van der Waals surface area (Å²) in [5.41, 5.74) is 1.83. The van der Waals surface area contributed by atoms with Crippen LogP contribution in [0.2, 0.25) is 0 Å². The number of pyridine rings is 1. The minimum atomic E-state index is -0.189. The second-order valence-corrected chi connectivity index (χ2v) is 6.23. The first-order valence-corrected chi connectivity index (χ1v) is 7.98. The Morgan fingerprint density at radius 2 is 2.17 bits per heavy atom. The zero-order chi connectivity index (χ0) is 15.8. The van der Waals surface area contributed by atoms with Crippen molar-refractivity contribution in [1.82, 2.24) is 20.1 Å². The van der Waals surface area contributed by atoms with Crippen LogP contribution in [0.25, 0.3) is 11.6 Å². The Bertz CT molecular complexity index is 692. The lowest BCUT2D eigenvalue weighted by atomic mass is 10.1. The standard InChI is InChI=1S/C16H20N4O3/c1-10-8-20(2)9-14(22-10)16-19-18-15(23-16)12-6-11-4-3-5-21-13(11)7-17-12/h6-7,10,14H,3-5,8-9H2,1-2H3/t10-,14-/m1/s1. The van der Waals surface area contributed by atoms with E-state index in [9.17, 15) is 0 Å². The highest BCUT2D eigenvalue weighted by Crippen LogP contribution is 2.29. The van der Waals surface area contributed by atoms with E-state index in [1.165, 1.54) is 0 Å². The summed E-state index contributed by atoms with van der Waals surface area (Å²) >= 11 is 0. The van der Waals surface area contributed by atoms with Gasteiger partial charge in [-0.1, -0.05) is 0 Å². The van der Waals surface area contributed by atoms with Crippen LogP contribution in [0.5, 0.6) is 5.75 Å². The number of likely N-dealkylation sites (N-methyl/N-ethyl adjacent to an activating group) is 1.